The molecule has 24 heavy (non-hydrogen) atoms. The van der Waals surface area contributed by atoms with Gasteiger partial charge in [-0.2, -0.15) is 0 Å². The predicted molar refractivity (Wildman–Crippen MR) is 90.1 cm³/mol. The minimum absolute atomic E-state index is 0.0485. The lowest BCUT2D eigenvalue weighted by Crippen LogP contribution is -2.49. The van der Waals surface area contributed by atoms with Crippen LogP contribution in [0.1, 0.15) is 31.2 Å². The second-order valence-corrected chi connectivity index (χ2v) is 8.25. The molecular weight excluding hydrogens is 328 g/mol. The molecule has 2 aliphatic heterocycles. The summed E-state index contributed by atoms with van der Waals surface area (Å²) in [6, 6.07) is 6.68. The highest BCUT2D eigenvalue weighted by Crippen LogP contribution is 2.19. The quantitative estimate of drug-likeness (QED) is 0.890. The zero-order valence-corrected chi connectivity index (χ0v) is 14.7. The van der Waals surface area contributed by atoms with E-state index < -0.39 is 10.0 Å². The van der Waals surface area contributed by atoms with E-state index in [1.807, 2.05) is 6.92 Å². The molecule has 7 heteroatoms. The van der Waals surface area contributed by atoms with Crippen LogP contribution in [0.3, 0.4) is 0 Å². The number of rotatable bonds is 4. The lowest BCUT2D eigenvalue weighted by molar-refractivity contribution is -0.142. The molecule has 6 nitrogen and oxygen atoms in total. The maximum atomic E-state index is 12.4. The van der Waals surface area contributed by atoms with E-state index in [0.717, 1.165) is 18.4 Å². The van der Waals surface area contributed by atoms with Crippen LogP contribution >= 0.6 is 0 Å². The number of benzene rings is 1. The highest BCUT2D eigenvalue weighted by Gasteiger charge is 2.32. The summed E-state index contributed by atoms with van der Waals surface area (Å²) in [5.41, 5.74) is 1.02. The van der Waals surface area contributed by atoms with Gasteiger partial charge in [0.05, 0.1) is 4.90 Å². The number of ether oxygens (including phenoxy) is 1. The van der Waals surface area contributed by atoms with Crippen LogP contribution in [0, 0.1) is 6.92 Å². The number of carbonyl (C=O) groups excluding carboxylic acids is 1. The summed E-state index contributed by atoms with van der Waals surface area (Å²) >= 11 is 0. The van der Waals surface area contributed by atoms with Crippen LogP contribution in [-0.4, -0.2) is 51.1 Å². The van der Waals surface area contributed by atoms with Crippen LogP contribution < -0.4 is 4.72 Å². The summed E-state index contributed by atoms with van der Waals surface area (Å²) in [6.07, 6.45) is 2.68. The number of piperidine rings is 1. The van der Waals surface area contributed by atoms with E-state index in [-0.39, 0.29) is 22.9 Å². The van der Waals surface area contributed by atoms with Crippen molar-refractivity contribution in [3.8, 4) is 0 Å². The standard InChI is InChI=1S/C17H24N2O4S/c1-13-4-6-15(7-5-13)24(21,22)18-14-8-10-19(11-9-14)17(20)16-3-2-12-23-16/h4-7,14,16,18H,2-3,8-12H2,1H3. The SMILES string of the molecule is Cc1ccc(S(=O)(=O)NC2CCN(C(=O)C3CCCO3)CC2)cc1. The maximum absolute atomic E-state index is 12.4. The van der Waals surface area contributed by atoms with Gasteiger partial charge >= 0.3 is 0 Å². The molecule has 0 radical (unpaired) electrons. The van der Waals surface area contributed by atoms with E-state index in [2.05, 4.69) is 4.72 Å². The Labute approximate surface area is 143 Å². The molecule has 0 bridgehead atoms. The van der Waals surface area contributed by atoms with Gasteiger partial charge in [0, 0.05) is 25.7 Å². The number of nitrogens with one attached hydrogen (secondary N) is 1. The maximum Gasteiger partial charge on any atom is 0.251 e. The van der Waals surface area contributed by atoms with Crippen molar-refractivity contribution in [3.05, 3.63) is 29.8 Å². The van der Waals surface area contributed by atoms with Crippen LogP contribution in [0.15, 0.2) is 29.2 Å². The first kappa shape index (κ1) is 17.4. The fraction of sp³-hybridized carbons (Fsp3) is 0.588. The average molecular weight is 352 g/mol. The lowest BCUT2D eigenvalue weighted by atomic mass is 10.1. The van der Waals surface area contributed by atoms with Crippen molar-refractivity contribution < 1.29 is 17.9 Å². The number of hydrogen-bond acceptors (Lipinski definition) is 4. The third-order valence-electron chi connectivity index (χ3n) is 4.66. The molecule has 0 aliphatic carbocycles. The number of amides is 1. The Hall–Kier alpha value is -1.44. The molecular formula is C17H24N2O4S. The third-order valence-corrected chi connectivity index (χ3v) is 6.20. The van der Waals surface area contributed by atoms with Crippen LogP contribution in [0.5, 0.6) is 0 Å². The van der Waals surface area contributed by atoms with Gasteiger partial charge in [0.15, 0.2) is 0 Å². The Balaban J connectivity index is 1.55. The van der Waals surface area contributed by atoms with Gasteiger partial charge in [-0.25, -0.2) is 13.1 Å². The summed E-state index contributed by atoms with van der Waals surface area (Å²) in [7, 11) is -3.51. The molecule has 3 rings (SSSR count). The first-order chi connectivity index (χ1) is 11.5. The Morgan fingerprint density at radius 2 is 1.83 bits per heavy atom. The van der Waals surface area contributed by atoms with Gasteiger partial charge in [-0.1, -0.05) is 17.7 Å². The molecule has 1 amide bonds. The van der Waals surface area contributed by atoms with Crippen molar-refractivity contribution in [3.63, 3.8) is 0 Å². The Bertz CT molecular complexity index is 673. The predicted octanol–water partition coefficient (Wildman–Crippen LogP) is 1.44. The van der Waals surface area contributed by atoms with Crippen molar-refractivity contribution in [1.82, 2.24) is 9.62 Å². The van der Waals surface area contributed by atoms with Crippen LogP contribution in [0.4, 0.5) is 0 Å². The normalized spacial score (nSPS) is 22.7. The largest absolute Gasteiger partial charge is 0.368 e. The Morgan fingerprint density at radius 1 is 1.17 bits per heavy atom. The monoisotopic (exact) mass is 352 g/mol. The Kier molecular flexibility index (Phi) is 5.22. The summed E-state index contributed by atoms with van der Waals surface area (Å²) in [5, 5.41) is 0. The van der Waals surface area contributed by atoms with Gasteiger partial charge in [0.1, 0.15) is 6.10 Å². The molecule has 132 valence electrons. The van der Waals surface area contributed by atoms with Gasteiger partial charge in [0.25, 0.3) is 5.91 Å². The smallest absolute Gasteiger partial charge is 0.251 e. The average Bonchev–Trinajstić information content (AvgIpc) is 3.09. The summed E-state index contributed by atoms with van der Waals surface area (Å²) in [4.78, 5) is 14.4. The topological polar surface area (TPSA) is 75.7 Å². The molecule has 1 aromatic rings. The number of likely N-dealkylation sites (tertiary alicyclic amines) is 1. The first-order valence-corrected chi connectivity index (χ1v) is 9.93. The van der Waals surface area contributed by atoms with Crippen molar-refractivity contribution in [2.24, 2.45) is 0 Å². The fourth-order valence-corrected chi connectivity index (χ4v) is 4.50. The molecule has 1 atom stereocenters. The highest BCUT2D eigenvalue weighted by molar-refractivity contribution is 7.89. The number of nitrogens with zero attached hydrogens (tertiary/aromatic N) is 1. The van der Waals surface area contributed by atoms with Gasteiger partial charge in [-0.15, -0.1) is 0 Å². The van der Waals surface area contributed by atoms with Crippen molar-refractivity contribution in [2.75, 3.05) is 19.7 Å². The fourth-order valence-electron chi connectivity index (χ4n) is 3.20. The second kappa shape index (κ2) is 7.21. The molecule has 1 N–H and O–H groups in total. The number of aryl methyl sites for hydroxylation is 1. The molecule has 2 aliphatic rings. The van der Waals surface area contributed by atoms with Crippen LogP contribution in [-0.2, 0) is 19.6 Å². The van der Waals surface area contributed by atoms with E-state index in [9.17, 15) is 13.2 Å². The summed E-state index contributed by atoms with van der Waals surface area (Å²) in [6.45, 7) is 3.72. The van der Waals surface area contributed by atoms with E-state index in [4.69, 9.17) is 4.74 Å². The van der Waals surface area contributed by atoms with E-state index in [0.29, 0.717) is 32.5 Å². The van der Waals surface area contributed by atoms with Gasteiger partial charge < -0.3 is 9.64 Å². The van der Waals surface area contributed by atoms with Crippen LogP contribution in [0.2, 0.25) is 0 Å². The molecule has 0 saturated carbocycles. The minimum atomic E-state index is -3.51. The minimum Gasteiger partial charge on any atom is -0.368 e. The number of carbonyl (C=O) groups is 1. The highest BCUT2D eigenvalue weighted by atomic mass is 32.2. The molecule has 2 heterocycles. The van der Waals surface area contributed by atoms with E-state index in [1.54, 1.807) is 29.2 Å². The van der Waals surface area contributed by atoms with E-state index >= 15 is 0 Å². The zero-order valence-electron chi connectivity index (χ0n) is 13.9. The summed E-state index contributed by atoms with van der Waals surface area (Å²) < 4.78 is 33.1. The Morgan fingerprint density at radius 3 is 2.42 bits per heavy atom. The van der Waals surface area contributed by atoms with Gasteiger partial charge in [-0.05, 0) is 44.7 Å². The lowest BCUT2D eigenvalue weighted by Gasteiger charge is -2.33. The van der Waals surface area contributed by atoms with Gasteiger partial charge in [-0.3, -0.25) is 4.79 Å². The molecule has 1 unspecified atom stereocenters. The van der Waals surface area contributed by atoms with Crippen LogP contribution in [0.25, 0.3) is 0 Å². The molecule has 2 saturated heterocycles. The molecule has 2 fully saturated rings. The molecule has 0 spiro atoms. The van der Waals surface area contributed by atoms with E-state index in [1.165, 1.54) is 0 Å². The molecule has 1 aromatic carbocycles. The van der Waals surface area contributed by atoms with Crippen molar-refractivity contribution in [2.45, 2.75) is 49.6 Å². The third kappa shape index (κ3) is 3.96. The number of sulfonamides is 1. The zero-order chi connectivity index (χ0) is 17.2. The second-order valence-electron chi connectivity index (χ2n) is 6.54. The first-order valence-electron chi connectivity index (χ1n) is 8.45. The van der Waals surface area contributed by atoms with Crippen molar-refractivity contribution in [1.29, 1.82) is 0 Å². The van der Waals surface area contributed by atoms with Crippen molar-refractivity contribution >= 4 is 15.9 Å². The molecule has 0 aromatic heterocycles. The van der Waals surface area contributed by atoms with Gasteiger partial charge in [0.2, 0.25) is 10.0 Å². The summed E-state index contributed by atoms with van der Waals surface area (Å²) in [5.74, 6) is 0.0485. The number of hydrogen-bond donors (Lipinski definition) is 1.